The summed E-state index contributed by atoms with van der Waals surface area (Å²) in [5, 5.41) is 29.5. The number of aliphatic hydroxyl groups excluding tert-OH is 3. The molecule has 1 saturated heterocycles. The van der Waals surface area contributed by atoms with Gasteiger partial charge in [-0.1, -0.05) is 24.3 Å². The first kappa shape index (κ1) is 23.1. The van der Waals surface area contributed by atoms with Crippen LogP contribution in [0.3, 0.4) is 0 Å². The SMILES string of the molecule is C/C=C\c1c(C)ncnc1C.Cc1cc([C@@H](O)[C@H]2O[C@@H](C)[C@H](O)[C@@H]2O)ccc1F. The smallest absolute Gasteiger partial charge is 0.126 e. The molecule has 2 aromatic rings. The van der Waals surface area contributed by atoms with Crippen molar-refractivity contribution in [2.75, 3.05) is 0 Å². The van der Waals surface area contributed by atoms with E-state index in [9.17, 15) is 19.7 Å². The van der Waals surface area contributed by atoms with Crippen LogP contribution in [-0.4, -0.2) is 49.7 Å². The molecule has 1 aromatic heterocycles. The van der Waals surface area contributed by atoms with Crippen molar-refractivity contribution >= 4 is 6.08 Å². The topological polar surface area (TPSA) is 95.7 Å². The maximum Gasteiger partial charge on any atom is 0.126 e. The molecule has 1 aliphatic heterocycles. The Labute approximate surface area is 170 Å². The van der Waals surface area contributed by atoms with Gasteiger partial charge in [0.1, 0.15) is 36.6 Å². The minimum absolute atomic E-state index is 0.354. The molecule has 3 rings (SSSR count). The van der Waals surface area contributed by atoms with Gasteiger partial charge in [0.05, 0.1) is 6.10 Å². The summed E-state index contributed by atoms with van der Waals surface area (Å²) in [4.78, 5) is 8.19. The van der Waals surface area contributed by atoms with Crippen molar-refractivity contribution in [3.05, 3.63) is 64.5 Å². The highest BCUT2D eigenvalue weighted by Crippen LogP contribution is 2.31. The van der Waals surface area contributed by atoms with Crippen molar-refractivity contribution < 1.29 is 24.4 Å². The third-order valence-corrected chi connectivity index (χ3v) is 4.99. The van der Waals surface area contributed by atoms with E-state index in [1.165, 1.54) is 18.2 Å². The Morgan fingerprint density at radius 3 is 2.21 bits per heavy atom. The molecule has 29 heavy (non-hydrogen) atoms. The third kappa shape index (κ3) is 5.45. The van der Waals surface area contributed by atoms with E-state index < -0.39 is 30.5 Å². The lowest BCUT2D eigenvalue weighted by Crippen LogP contribution is -2.34. The van der Waals surface area contributed by atoms with Gasteiger partial charge in [-0.2, -0.15) is 0 Å². The van der Waals surface area contributed by atoms with Crippen molar-refractivity contribution in [2.24, 2.45) is 0 Å². The second-order valence-electron chi connectivity index (χ2n) is 7.20. The van der Waals surface area contributed by atoms with Crippen molar-refractivity contribution in [3.63, 3.8) is 0 Å². The first-order valence-electron chi connectivity index (χ1n) is 9.54. The minimum atomic E-state index is -1.15. The van der Waals surface area contributed by atoms with Gasteiger partial charge < -0.3 is 20.1 Å². The number of benzene rings is 1. The Bertz CT molecular complexity index is 838. The molecule has 0 saturated carbocycles. The van der Waals surface area contributed by atoms with Crippen molar-refractivity contribution in [2.45, 2.75) is 65.1 Å². The molecule has 1 aromatic carbocycles. The van der Waals surface area contributed by atoms with Gasteiger partial charge in [-0.3, -0.25) is 0 Å². The average molecular weight is 404 g/mol. The maximum absolute atomic E-state index is 13.1. The molecule has 0 unspecified atom stereocenters. The molecule has 1 fully saturated rings. The van der Waals surface area contributed by atoms with Crippen LogP contribution in [0.1, 0.15) is 48.0 Å². The zero-order valence-electron chi connectivity index (χ0n) is 17.4. The lowest BCUT2D eigenvalue weighted by atomic mass is 9.97. The van der Waals surface area contributed by atoms with E-state index in [0.717, 1.165) is 17.0 Å². The lowest BCUT2D eigenvalue weighted by molar-refractivity contribution is -0.0636. The van der Waals surface area contributed by atoms with Gasteiger partial charge in [-0.05, 0) is 51.8 Å². The highest BCUT2D eigenvalue weighted by molar-refractivity contribution is 5.53. The van der Waals surface area contributed by atoms with Crippen LogP contribution in [-0.2, 0) is 4.74 Å². The molecular formula is C22H29FN2O4. The number of halogens is 1. The Kier molecular flexibility index (Phi) is 7.98. The Morgan fingerprint density at radius 1 is 1.10 bits per heavy atom. The summed E-state index contributed by atoms with van der Waals surface area (Å²) >= 11 is 0. The standard InChI is InChI=1S/C13H17FO4.C9H12N2/c1-6-5-8(3-4-9(6)14)11(16)13-12(17)10(15)7(2)18-13;1-4-5-9-7(2)10-6-11-8(9)3/h3-5,7,10-13,15-17H,1-2H3;4-6H,1-3H3/b;5-4-/t7-,10-,11+,12-,13+;/m0./s1. The second-order valence-corrected chi connectivity index (χ2v) is 7.20. The number of aliphatic hydroxyl groups is 3. The Hall–Kier alpha value is -2.19. The first-order chi connectivity index (χ1) is 13.7. The quantitative estimate of drug-likeness (QED) is 0.728. The molecule has 3 N–H and O–H groups in total. The molecule has 0 bridgehead atoms. The number of rotatable bonds is 3. The van der Waals surface area contributed by atoms with E-state index >= 15 is 0 Å². The van der Waals surface area contributed by atoms with Gasteiger partial charge in [0, 0.05) is 17.0 Å². The van der Waals surface area contributed by atoms with E-state index in [4.69, 9.17) is 4.74 Å². The zero-order valence-corrected chi connectivity index (χ0v) is 17.4. The fraction of sp³-hybridized carbons (Fsp3) is 0.455. The lowest BCUT2D eigenvalue weighted by Gasteiger charge is -2.21. The predicted octanol–water partition coefficient (Wildman–Crippen LogP) is 2.80. The summed E-state index contributed by atoms with van der Waals surface area (Å²) in [6, 6.07) is 4.21. The van der Waals surface area contributed by atoms with Crippen LogP contribution < -0.4 is 0 Å². The fourth-order valence-corrected chi connectivity index (χ4v) is 3.19. The van der Waals surface area contributed by atoms with Gasteiger partial charge in [-0.15, -0.1) is 0 Å². The van der Waals surface area contributed by atoms with Crippen LogP contribution in [0.4, 0.5) is 4.39 Å². The van der Waals surface area contributed by atoms with Gasteiger partial charge in [0.2, 0.25) is 0 Å². The molecule has 7 heteroatoms. The van der Waals surface area contributed by atoms with E-state index in [1.54, 1.807) is 20.2 Å². The largest absolute Gasteiger partial charge is 0.388 e. The molecule has 0 radical (unpaired) electrons. The molecule has 5 atom stereocenters. The maximum atomic E-state index is 13.1. The molecule has 0 amide bonds. The van der Waals surface area contributed by atoms with Crippen LogP contribution in [0.2, 0.25) is 0 Å². The van der Waals surface area contributed by atoms with Crippen molar-refractivity contribution in [3.8, 4) is 0 Å². The van der Waals surface area contributed by atoms with Gasteiger partial charge in [0.15, 0.2) is 0 Å². The van der Waals surface area contributed by atoms with Crippen LogP contribution in [0.5, 0.6) is 0 Å². The van der Waals surface area contributed by atoms with Crippen molar-refractivity contribution in [1.82, 2.24) is 9.97 Å². The third-order valence-electron chi connectivity index (χ3n) is 4.99. The number of hydrogen-bond donors (Lipinski definition) is 3. The fourth-order valence-electron chi connectivity index (χ4n) is 3.19. The van der Waals surface area contributed by atoms with Gasteiger partial charge >= 0.3 is 0 Å². The van der Waals surface area contributed by atoms with Crippen molar-refractivity contribution in [1.29, 1.82) is 0 Å². The van der Waals surface area contributed by atoms with E-state index in [-0.39, 0.29) is 5.82 Å². The number of nitrogens with zero attached hydrogens (tertiary/aromatic N) is 2. The molecular weight excluding hydrogens is 375 g/mol. The Balaban J connectivity index is 0.000000234. The molecule has 2 heterocycles. The van der Waals surface area contributed by atoms with E-state index in [2.05, 4.69) is 9.97 Å². The summed E-state index contributed by atoms with van der Waals surface area (Å²) in [7, 11) is 0. The molecule has 1 aliphatic rings. The van der Waals surface area contributed by atoms with Crippen LogP contribution in [0.25, 0.3) is 6.08 Å². The zero-order chi connectivity index (χ0) is 21.7. The average Bonchev–Trinajstić information content (AvgIpc) is 2.94. The normalized spacial score (nSPS) is 25.0. The number of ether oxygens (including phenoxy) is 1. The molecule has 0 aliphatic carbocycles. The van der Waals surface area contributed by atoms with E-state index in [1.807, 2.05) is 32.9 Å². The second kappa shape index (κ2) is 10.0. The minimum Gasteiger partial charge on any atom is -0.388 e. The number of hydrogen-bond acceptors (Lipinski definition) is 6. The highest BCUT2D eigenvalue weighted by Gasteiger charge is 2.44. The van der Waals surface area contributed by atoms with E-state index in [0.29, 0.717) is 11.1 Å². The van der Waals surface area contributed by atoms with Crippen LogP contribution in [0, 0.1) is 26.6 Å². The van der Waals surface area contributed by atoms with Gasteiger partial charge in [-0.25, -0.2) is 14.4 Å². The first-order valence-corrected chi connectivity index (χ1v) is 9.54. The summed E-state index contributed by atoms with van der Waals surface area (Å²) in [6.45, 7) is 9.19. The number of aromatic nitrogens is 2. The number of allylic oxidation sites excluding steroid dienone is 1. The van der Waals surface area contributed by atoms with Gasteiger partial charge in [0.25, 0.3) is 0 Å². The summed E-state index contributed by atoms with van der Waals surface area (Å²) in [5.74, 6) is -0.354. The number of aryl methyl sites for hydroxylation is 3. The molecule has 0 spiro atoms. The summed E-state index contributed by atoms with van der Waals surface area (Å²) in [6.07, 6.45) is 0.910. The molecule has 6 nitrogen and oxygen atoms in total. The molecule has 158 valence electrons. The summed E-state index contributed by atoms with van der Waals surface area (Å²) in [5.41, 5.74) is 4.08. The highest BCUT2D eigenvalue weighted by atomic mass is 19.1. The van der Waals surface area contributed by atoms with Crippen LogP contribution >= 0.6 is 0 Å². The summed E-state index contributed by atoms with van der Waals surface area (Å²) < 4.78 is 18.5. The van der Waals surface area contributed by atoms with Crippen LogP contribution in [0.15, 0.2) is 30.6 Å². The Morgan fingerprint density at radius 2 is 1.72 bits per heavy atom. The predicted molar refractivity (Wildman–Crippen MR) is 109 cm³/mol. The monoisotopic (exact) mass is 404 g/mol.